The van der Waals surface area contributed by atoms with Crippen molar-refractivity contribution >= 4 is 21.6 Å². The molecular weight excluding hydrogens is 290 g/mol. The van der Waals surface area contributed by atoms with Crippen molar-refractivity contribution in [3.8, 4) is 0 Å². The highest BCUT2D eigenvalue weighted by Crippen LogP contribution is 2.23. The summed E-state index contributed by atoms with van der Waals surface area (Å²) in [5.41, 5.74) is 3.07. The zero-order valence-corrected chi connectivity index (χ0v) is 11.8. The summed E-state index contributed by atoms with van der Waals surface area (Å²) >= 11 is 3.47. The Hall–Kier alpha value is -1.32. The second kappa shape index (κ2) is 6.03. The van der Waals surface area contributed by atoms with Crippen LogP contribution in [0.5, 0.6) is 0 Å². The molecule has 2 aromatic carbocycles. The van der Waals surface area contributed by atoms with Crippen LogP contribution in [0.25, 0.3) is 0 Å². The molecule has 0 aliphatic carbocycles. The number of rotatable bonds is 4. The van der Waals surface area contributed by atoms with E-state index in [-0.39, 0.29) is 0 Å². The van der Waals surface area contributed by atoms with Crippen molar-refractivity contribution in [2.75, 3.05) is 11.9 Å². The fourth-order valence-corrected chi connectivity index (χ4v) is 2.31. The van der Waals surface area contributed by atoms with E-state index in [9.17, 15) is 5.11 Å². The predicted octanol–water partition coefficient (Wildman–Crippen LogP) is 3.90. The van der Waals surface area contributed by atoms with E-state index >= 15 is 0 Å². The van der Waals surface area contributed by atoms with Crippen molar-refractivity contribution in [1.29, 1.82) is 0 Å². The number of benzene rings is 2. The summed E-state index contributed by atoms with van der Waals surface area (Å²) in [7, 11) is 0. The molecule has 2 aromatic rings. The van der Waals surface area contributed by atoms with E-state index in [1.54, 1.807) is 0 Å². The number of aryl methyl sites for hydroxylation is 1. The van der Waals surface area contributed by atoms with Crippen LogP contribution >= 0.6 is 15.9 Å². The molecule has 0 saturated heterocycles. The Bertz CT molecular complexity index is 527. The van der Waals surface area contributed by atoms with Gasteiger partial charge in [0.05, 0.1) is 6.10 Å². The van der Waals surface area contributed by atoms with Gasteiger partial charge in [-0.3, -0.25) is 0 Å². The summed E-state index contributed by atoms with van der Waals surface area (Å²) in [5.74, 6) is 0. The molecule has 2 nitrogen and oxygen atoms in total. The lowest BCUT2D eigenvalue weighted by atomic mass is 10.0. The van der Waals surface area contributed by atoms with E-state index < -0.39 is 6.10 Å². The standard InChI is InChI=1S/C15H16BrNO/c1-11-6-2-3-7-12(11)15(18)10-17-14-9-5-4-8-13(14)16/h2-9,15,17-18H,10H2,1H3. The van der Waals surface area contributed by atoms with Gasteiger partial charge in [-0.15, -0.1) is 0 Å². The Morgan fingerprint density at radius 2 is 1.78 bits per heavy atom. The van der Waals surface area contributed by atoms with Crippen molar-refractivity contribution in [1.82, 2.24) is 0 Å². The first-order chi connectivity index (χ1) is 8.68. The van der Waals surface area contributed by atoms with E-state index in [2.05, 4.69) is 21.2 Å². The summed E-state index contributed by atoms with van der Waals surface area (Å²) in [6, 6.07) is 15.8. The lowest BCUT2D eigenvalue weighted by Crippen LogP contribution is -2.13. The minimum atomic E-state index is -0.502. The minimum Gasteiger partial charge on any atom is -0.387 e. The van der Waals surface area contributed by atoms with Gasteiger partial charge in [-0.25, -0.2) is 0 Å². The first kappa shape index (κ1) is 13.1. The molecule has 0 heterocycles. The molecule has 3 heteroatoms. The van der Waals surface area contributed by atoms with Crippen LogP contribution in [0.15, 0.2) is 53.0 Å². The first-order valence-corrected chi connectivity index (χ1v) is 6.70. The zero-order chi connectivity index (χ0) is 13.0. The van der Waals surface area contributed by atoms with Gasteiger partial charge in [0.2, 0.25) is 0 Å². The number of nitrogens with one attached hydrogen (secondary N) is 1. The Morgan fingerprint density at radius 3 is 2.50 bits per heavy atom. The number of anilines is 1. The fourth-order valence-electron chi connectivity index (χ4n) is 1.88. The van der Waals surface area contributed by atoms with Crippen LogP contribution in [0.1, 0.15) is 17.2 Å². The van der Waals surface area contributed by atoms with Crippen molar-refractivity contribution < 1.29 is 5.11 Å². The van der Waals surface area contributed by atoms with Gasteiger partial charge in [-0.05, 0) is 46.1 Å². The largest absolute Gasteiger partial charge is 0.387 e. The van der Waals surface area contributed by atoms with Gasteiger partial charge >= 0.3 is 0 Å². The van der Waals surface area contributed by atoms with E-state index in [1.165, 1.54) is 0 Å². The Kier molecular flexibility index (Phi) is 4.39. The normalized spacial score (nSPS) is 12.2. The van der Waals surface area contributed by atoms with Crippen LogP contribution < -0.4 is 5.32 Å². The highest BCUT2D eigenvalue weighted by molar-refractivity contribution is 9.10. The average Bonchev–Trinajstić information content (AvgIpc) is 2.38. The molecule has 0 aliphatic rings. The first-order valence-electron chi connectivity index (χ1n) is 5.90. The second-order valence-corrected chi connectivity index (χ2v) is 5.09. The topological polar surface area (TPSA) is 32.3 Å². The molecule has 0 spiro atoms. The lowest BCUT2D eigenvalue weighted by molar-refractivity contribution is 0.191. The third kappa shape index (κ3) is 3.12. The summed E-state index contributed by atoms with van der Waals surface area (Å²) in [5, 5.41) is 13.4. The molecule has 2 N–H and O–H groups in total. The summed E-state index contributed by atoms with van der Waals surface area (Å²) in [6.07, 6.45) is -0.502. The van der Waals surface area contributed by atoms with Crippen molar-refractivity contribution in [2.24, 2.45) is 0 Å². The van der Waals surface area contributed by atoms with Crippen molar-refractivity contribution in [2.45, 2.75) is 13.0 Å². The molecule has 94 valence electrons. The maximum Gasteiger partial charge on any atom is 0.0964 e. The van der Waals surface area contributed by atoms with Gasteiger partial charge in [-0.1, -0.05) is 36.4 Å². The van der Waals surface area contributed by atoms with E-state index in [4.69, 9.17) is 0 Å². The van der Waals surface area contributed by atoms with Gasteiger partial charge < -0.3 is 10.4 Å². The zero-order valence-electron chi connectivity index (χ0n) is 10.2. The molecule has 0 radical (unpaired) electrons. The Labute approximate surface area is 116 Å². The molecule has 0 amide bonds. The maximum absolute atomic E-state index is 10.2. The smallest absolute Gasteiger partial charge is 0.0964 e. The quantitative estimate of drug-likeness (QED) is 0.898. The van der Waals surface area contributed by atoms with Crippen LogP contribution in [0.2, 0.25) is 0 Å². The Balaban J connectivity index is 2.03. The third-order valence-corrected chi connectivity index (χ3v) is 3.60. The number of para-hydroxylation sites is 1. The summed E-state index contributed by atoms with van der Waals surface area (Å²) in [4.78, 5) is 0. The van der Waals surface area contributed by atoms with Crippen molar-refractivity contribution in [3.05, 3.63) is 64.1 Å². The van der Waals surface area contributed by atoms with E-state index in [0.29, 0.717) is 6.54 Å². The highest BCUT2D eigenvalue weighted by Gasteiger charge is 2.09. The molecule has 2 rings (SSSR count). The van der Waals surface area contributed by atoms with Gasteiger partial charge in [0, 0.05) is 16.7 Å². The van der Waals surface area contributed by atoms with Crippen molar-refractivity contribution in [3.63, 3.8) is 0 Å². The number of aliphatic hydroxyl groups is 1. The van der Waals surface area contributed by atoms with Crippen LogP contribution in [0.4, 0.5) is 5.69 Å². The molecule has 0 fully saturated rings. The van der Waals surface area contributed by atoms with Gasteiger partial charge in [0.1, 0.15) is 0 Å². The molecular formula is C15H16BrNO. The van der Waals surface area contributed by atoms with Gasteiger partial charge in [-0.2, -0.15) is 0 Å². The monoisotopic (exact) mass is 305 g/mol. The molecule has 1 unspecified atom stereocenters. The van der Waals surface area contributed by atoms with Crippen LogP contribution in [-0.4, -0.2) is 11.7 Å². The van der Waals surface area contributed by atoms with Gasteiger partial charge in [0.25, 0.3) is 0 Å². The average molecular weight is 306 g/mol. The number of halogens is 1. The third-order valence-electron chi connectivity index (χ3n) is 2.91. The number of hydrogen-bond donors (Lipinski definition) is 2. The molecule has 1 atom stereocenters. The predicted molar refractivity (Wildman–Crippen MR) is 78.8 cm³/mol. The SMILES string of the molecule is Cc1ccccc1C(O)CNc1ccccc1Br. The number of aliphatic hydroxyl groups excluding tert-OH is 1. The molecule has 18 heavy (non-hydrogen) atoms. The van der Waals surface area contributed by atoms with Gasteiger partial charge in [0.15, 0.2) is 0 Å². The molecule has 0 aromatic heterocycles. The lowest BCUT2D eigenvalue weighted by Gasteiger charge is -2.16. The summed E-state index contributed by atoms with van der Waals surface area (Å²) in [6.45, 7) is 2.50. The highest BCUT2D eigenvalue weighted by atomic mass is 79.9. The maximum atomic E-state index is 10.2. The van der Waals surface area contributed by atoms with Crippen LogP contribution in [0.3, 0.4) is 0 Å². The Morgan fingerprint density at radius 1 is 1.11 bits per heavy atom. The molecule has 0 saturated carbocycles. The summed E-state index contributed by atoms with van der Waals surface area (Å²) < 4.78 is 1.00. The minimum absolute atomic E-state index is 0.494. The number of hydrogen-bond acceptors (Lipinski definition) is 2. The molecule has 0 bridgehead atoms. The molecule has 0 aliphatic heterocycles. The second-order valence-electron chi connectivity index (χ2n) is 4.23. The van der Waals surface area contributed by atoms with E-state index in [0.717, 1.165) is 21.3 Å². The van der Waals surface area contributed by atoms with Crippen LogP contribution in [-0.2, 0) is 0 Å². The fraction of sp³-hybridized carbons (Fsp3) is 0.200. The van der Waals surface area contributed by atoms with Crippen LogP contribution in [0, 0.1) is 6.92 Å². The van der Waals surface area contributed by atoms with E-state index in [1.807, 2.05) is 55.5 Å².